The van der Waals surface area contributed by atoms with Gasteiger partial charge in [0.1, 0.15) is 4.90 Å². The van der Waals surface area contributed by atoms with Gasteiger partial charge in [0.25, 0.3) is 10.1 Å². The maximum absolute atomic E-state index is 11.7. The summed E-state index contributed by atoms with van der Waals surface area (Å²) in [7, 11) is -4.31. The van der Waals surface area contributed by atoms with Crippen molar-refractivity contribution in [1.29, 1.82) is 0 Å². The van der Waals surface area contributed by atoms with E-state index in [1.807, 2.05) is 42.5 Å². The SMILES string of the molecule is C=Cc1ccc2cc3ccccc3cc2c1S(=O)(=O)O.C=Cc1cccc2cc3ccccc3cc12.[H-].[H-].[Mg+2]. The largest absolute Gasteiger partial charge is 2.00 e. The minimum Gasteiger partial charge on any atom is -1.00 e. The van der Waals surface area contributed by atoms with Gasteiger partial charge in [0.2, 0.25) is 0 Å². The molecule has 0 amide bonds. The molecule has 0 saturated carbocycles. The molecular weight excluding hydrogens is 489 g/mol. The summed E-state index contributed by atoms with van der Waals surface area (Å²) in [4.78, 5) is -0.0873. The van der Waals surface area contributed by atoms with Crippen LogP contribution in [0.4, 0.5) is 0 Å². The van der Waals surface area contributed by atoms with E-state index >= 15 is 0 Å². The third-order valence-corrected chi connectivity index (χ3v) is 7.32. The van der Waals surface area contributed by atoms with Crippen LogP contribution in [0.2, 0.25) is 0 Å². The van der Waals surface area contributed by atoms with E-state index in [4.69, 9.17) is 0 Å². The van der Waals surface area contributed by atoms with Crippen molar-refractivity contribution >= 4 is 88.4 Å². The minimum absolute atomic E-state index is 0. The summed E-state index contributed by atoms with van der Waals surface area (Å²) in [5.41, 5.74) is 1.60. The van der Waals surface area contributed by atoms with E-state index in [2.05, 4.69) is 67.8 Å². The van der Waals surface area contributed by atoms with Crippen LogP contribution in [0.3, 0.4) is 0 Å². The first kappa shape index (κ1) is 26.6. The van der Waals surface area contributed by atoms with Crippen LogP contribution < -0.4 is 0 Å². The van der Waals surface area contributed by atoms with Crippen molar-refractivity contribution in [3.8, 4) is 0 Å². The molecular formula is C32H26MgO3S. The van der Waals surface area contributed by atoms with Crippen LogP contribution >= 0.6 is 0 Å². The van der Waals surface area contributed by atoms with Gasteiger partial charge in [-0.2, -0.15) is 8.42 Å². The van der Waals surface area contributed by atoms with Gasteiger partial charge < -0.3 is 2.85 Å². The second kappa shape index (κ2) is 10.9. The Morgan fingerprint density at radius 2 is 1.03 bits per heavy atom. The first-order valence-electron chi connectivity index (χ1n) is 11.5. The average Bonchev–Trinajstić information content (AvgIpc) is 2.89. The summed E-state index contributed by atoms with van der Waals surface area (Å²) in [6.45, 7) is 7.46. The maximum Gasteiger partial charge on any atom is 2.00 e. The fourth-order valence-corrected chi connectivity index (χ4v) is 5.52. The molecule has 6 aromatic rings. The molecule has 37 heavy (non-hydrogen) atoms. The Morgan fingerprint density at radius 1 is 0.568 bits per heavy atom. The second-order valence-corrected chi connectivity index (χ2v) is 9.91. The van der Waals surface area contributed by atoms with E-state index in [0.717, 1.165) is 16.2 Å². The van der Waals surface area contributed by atoms with Gasteiger partial charge in [-0.25, -0.2) is 0 Å². The molecule has 0 saturated heterocycles. The topological polar surface area (TPSA) is 54.4 Å². The van der Waals surface area contributed by atoms with Crippen molar-refractivity contribution in [2.24, 2.45) is 0 Å². The van der Waals surface area contributed by atoms with E-state index in [0.29, 0.717) is 10.9 Å². The third-order valence-electron chi connectivity index (χ3n) is 6.35. The molecule has 0 aliphatic heterocycles. The number of hydrogen-bond donors (Lipinski definition) is 1. The van der Waals surface area contributed by atoms with Gasteiger partial charge in [0, 0.05) is 5.39 Å². The molecule has 180 valence electrons. The molecule has 0 heterocycles. The Kier molecular flexibility index (Phi) is 7.81. The minimum atomic E-state index is -4.31. The van der Waals surface area contributed by atoms with Gasteiger partial charge in [-0.3, -0.25) is 4.55 Å². The van der Waals surface area contributed by atoms with E-state index in [9.17, 15) is 13.0 Å². The van der Waals surface area contributed by atoms with Gasteiger partial charge in [-0.05, 0) is 73.1 Å². The van der Waals surface area contributed by atoms with Crippen molar-refractivity contribution in [2.75, 3.05) is 0 Å². The molecule has 0 atom stereocenters. The molecule has 6 rings (SSSR count). The van der Waals surface area contributed by atoms with Gasteiger partial charge in [0.05, 0.1) is 0 Å². The van der Waals surface area contributed by atoms with Crippen LogP contribution in [-0.2, 0) is 10.1 Å². The quantitative estimate of drug-likeness (QED) is 0.147. The van der Waals surface area contributed by atoms with Gasteiger partial charge in [-0.15, -0.1) is 0 Å². The van der Waals surface area contributed by atoms with Gasteiger partial charge >= 0.3 is 23.1 Å². The van der Waals surface area contributed by atoms with Crippen LogP contribution in [0, 0.1) is 0 Å². The summed E-state index contributed by atoms with van der Waals surface area (Å²) in [5.74, 6) is 0. The van der Waals surface area contributed by atoms with Crippen LogP contribution in [0.25, 0.3) is 55.2 Å². The Labute approximate surface area is 235 Å². The monoisotopic (exact) mass is 514 g/mol. The van der Waals surface area contributed by atoms with E-state index in [-0.39, 0.29) is 30.8 Å². The fraction of sp³-hybridized carbons (Fsp3) is 0. The average molecular weight is 515 g/mol. The predicted octanol–water partition coefficient (Wildman–Crippen LogP) is 8.36. The molecule has 0 aliphatic carbocycles. The van der Waals surface area contributed by atoms with Crippen LogP contribution in [0.1, 0.15) is 14.0 Å². The number of benzene rings is 6. The molecule has 1 N–H and O–H groups in total. The Morgan fingerprint density at radius 3 is 1.54 bits per heavy atom. The Bertz CT molecular complexity index is 1920. The molecule has 0 aliphatic rings. The number of hydrogen-bond acceptors (Lipinski definition) is 2. The Hall–Kier alpha value is -3.48. The summed E-state index contributed by atoms with van der Waals surface area (Å²) in [5, 5.41) is 8.33. The molecule has 0 aromatic heterocycles. The molecule has 0 fully saturated rings. The third kappa shape index (κ3) is 5.31. The normalized spacial score (nSPS) is 11.1. The first-order valence-corrected chi connectivity index (χ1v) is 12.9. The maximum atomic E-state index is 11.7. The van der Waals surface area contributed by atoms with Gasteiger partial charge in [0.15, 0.2) is 0 Å². The molecule has 6 aromatic carbocycles. The molecule has 0 spiro atoms. The summed E-state index contributed by atoms with van der Waals surface area (Å²) >= 11 is 0. The van der Waals surface area contributed by atoms with Crippen molar-refractivity contribution < 1.29 is 15.8 Å². The number of rotatable bonds is 3. The molecule has 5 heteroatoms. The molecule has 0 bridgehead atoms. The van der Waals surface area contributed by atoms with Crippen molar-refractivity contribution in [3.63, 3.8) is 0 Å². The fourth-order valence-electron chi connectivity index (χ4n) is 4.62. The smallest absolute Gasteiger partial charge is 1.00 e. The van der Waals surface area contributed by atoms with Gasteiger partial charge in [-0.1, -0.05) is 104 Å². The zero-order valence-corrected chi connectivity index (χ0v) is 22.5. The predicted molar refractivity (Wildman–Crippen MR) is 161 cm³/mol. The van der Waals surface area contributed by atoms with Crippen LogP contribution in [0.15, 0.2) is 121 Å². The van der Waals surface area contributed by atoms with Crippen LogP contribution in [0.5, 0.6) is 0 Å². The van der Waals surface area contributed by atoms with Crippen molar-refractivity contribution in [1.82, 2.24) is 0 Å². The molecule has 3 nitrogen and oxygen atoms in total. The van der Waals surface area contributed by atoms with Crippen molar-refractivity contribution in [2.45, 2.75) is 4.90 Å². The van der Waals surface area contributed by atoms with E-state index < -0.39 is 10.1 Å². The zero-order chi connectivity index (χ0) is 25.3. The molecule has 0 unspecified atom stereocenters. The second-order valence-electron chi connectivity index (χ2n) is 8.56. The molecule has 0 radical (unpaired) electrons. The summed E-state index contributed by atoms with van der Waals surface area (Å²) < 4.78 is 32.8. The summed E-state index contributed by atoms with van der Waals surface area (Å²) in [6, 6.07) is 34.1. The summed E-state index contributed by atoms with van der Waals surface area (Å²) in [6.07, 6.45) is 3.34. The number of fused-ring (bicyclic) bond motifs is 4. The van der Waals surface area contributed by atoms with E-state index in [1.54, 1.807) is 12.1 Å². The van der Waals surface area contributed by atoms with Crippen molar-refractivity contribution in [3.05, 3.63) is 127 Å². The zero-order valence-electron chi connectivity index (χ0n) is 22.3. The Balaban J connectivity index is 0.000000259. The van der Waals surface area contributed by atoms with E-state index in [1.165, 1.54) is 33.2 Å². The standard InChI is InChI=1S/C16H12O3S.C16H12.Mg.2H/c1-2-11-7-8-14-9-12-5-3-4-6-13(12)10-15(14)16(11)20(17,18)19;1-2-12-8-5-9-15-10-13-6-3-4-7-14(13)11-16(12)15;;;/h2-10H,1H2,(H,17,18,19);2-11H,1H2;;;/q;;+2;2*-1. The first-order chi connectivity index (χ1) is 17.4. The van der Waals surface area contributed by atoms with Crippen LogP contribution in [-0.4, -0.2) is 36.0 Å².